The zero-order valence-electron chi connectivity index (χ0n) is 8.74. The summed E-state index contributed by atoms with van der Waals surface area (Å²) in [5.41, 5.74) is 7.12. The van der Waals surface area contributed by atoms with Gasteiger partial charge in [0.1, 0.15) is 0 Å². The summed E-state index contributed by atoms with van der Waals surface area (Å²) >= 11 is 0. The molecule has 0 saturated carbocycles. The van der Waals surface area contributed by atoms with Crippen LogP contribution >= 0.6 is 0 Å². The van der Waals surface area contributed by atoms with Crippen molar-refractivity contribution in [3.8, 4) is 0 Å². The Morgan fingerprint density at radius 1 is 1.33 bits per heavy atom. The quantitative estimate of drug-likeness (QED) is 0.750. The maximum absolute atomic E-state index is 11.5. The minimum Gasteiger partial charge on any atom is -0.452 e. The zero-order chi connectivity index (χ0) is 11.4. The van der Waals surface area contributed by atoms with Crippen molar-refractivity contribution < 1.29 is 14.3 Å². The molecule has 0 aromatic heterocycles. The fourth-order valence-electron chi connectivity index (χ4n) is 1.17. The third-order valence-electron chi connectivity index (χ3n) is 1.96. The van der Waals surface area contributed by atoms with Gasteiger partial charge in [-0.15, -0.1) is 0 Å². The number of primary amides is 1. The topological polar surface area (TPSA) is 69.4 Å². The van der Waals surface area contributed by atoms with E-state index in [-0.39, 0.29) is 6.61 Å². The third-order valence-corrected chi connectivity index (χ3v) is 1.96. The van der Waals surface area contributed by atoms with Gasteiger partial charge in [-0.05, 0) is 25.5 Å². The van der Waals surface area contributed by atoms with Crippen LogP contribution in [0.5, 0.6) is 0 Å². The lowest BCUT2D eigenvalue weighted by molar-refractivity contribution is -0.121. The van der Waals surface area contributed by atoms with Crippen molar-refractivity contribution in [2.24, 2.45) is 5.73 Å². The molecule has 0 aliphatic heterocycles. The van der Waals surface area contributed by atoms with Crippen molar-refractivity contribution in [2.75, 3.05) is 6.61 Å². The number of carbonyl (C=O) groups is 2. The van der Waals surface area contributed by atoms with Gasteiger partial charge in [0, 0.05) is 0 Å². The summed E-state index contributed by atoms with van der Waals surface area (Å²) in [5.74, 6) is -1.18. The Hall–Kier alpha value is -1.84. The molecule has 0 unspecified atom stereocenters. The maximum Gasteiger partial charge on any atom is 0.338 e. The van der Waals surface area contributed by atoms with Crippen LogP contribution in [0, 0.1) is 13.8 Å². The second-order valence-corrected chi connectivity index (χ2v) is 3.36. The van der Waals surface area contributed by atoms with Crippen molar-refractivity contribution in [1.29, 1.82) is 0 Å². The lowest BCUT2D eigenvalue weighted by Crippen LogP contribution is -2.21. The van der Waals surface area contributed by atoms with Gasteiger partial charge < -0.3 is 10.5 Å². The first-order valence-corrected chi connectivity index (χ1v) is 4.53. The molecule has 0 heterocycles. The number of hydrogen-bond donors (Lipinski definition) is 1. The van der Waals surface area contributed by atoms with Crippen LogP contribution in [0.4, 0.5) is 0 Å². The molecule has 0 saturated heterocycles. The van der Waals surface area contributed by atoms with Crippen LogP contribution in [0.25, 0.3) is 0 Å². The Kier molecular flexibility index (Phi) is 3.44. The molecular formula is C11H13NO3. The van der Waals surface area contributed by atoms with Crippen molar-refractivity contribution in [2.45, 2.75) is 13.8 Å². The highest BCUT2D eigenvalue weighted by atomic mass is 16.5. The van der Waals surface area contributed by atoms with Crippen molar-refractivity contribution in [3.05, 3.63) is 34.9 Å². The minimum atomic E-state index is -0.659. The molecule has 0 aliphatic rings. The molecule has 0 bridgehead atoms. The normalized spacial score (nSPS) is 9.73. The molecule has 0 radical (unpaired) electrons. The number of esters is 1. The number of rotatable bonds is 3. The van der Waals surface area contributed by atoms with Gasteiger partial charge in [0.05, 0.1) is 5.56 Å². The predicted octanol–water partition coefficient (Wildman–Crippen LogP) is 0.946. The highest BCUT2D eigenvalue weighted by molar-refractivity contribution is 5.92. The standard InChI is InChI=1S/C11H13NO3/c1-7-3-4-8(2)9(5-7)11(14)15-6-10(12)13/h3-5H,6H2,1-2H3,(H2,12,13). The van der Waals surface area contributed by atoms with E-state index in [1.54, 1.807) is 13.0 Å². The van der Waals surface area contributed by atoms with Gasteiger partial charge >= 0.3 is 5.97 Å². The SMILES string of the molecule is Cc1ccc(C)c(C(=O)OCC(N)=O)c1. The average Bonchev–Trinajstić information content (AvgIpc) is 2.18. The first-order chi connectivity index (χ1) is 7.00. The van der Waals surface area contributed by atoms with E-state index in [2.05, 4.69) is 0 Å². The zero-order valence-corrected chi connectivity index (χ0v) is 8.74. The van der Waals surface area contributed by atoms with E-state index in [0.717, 1.165) is 11.1 Å². The van der Waals surface area contributed by atoms with Gasteiger partial charge in [-0.2, -0.15) is 0 Å². The van der Waals surface area contributed by atoms with Crippen LogP contribution in [-0.4, -0.2) is 18.5 Å². The summed E-state index contributed by atoms with van der Waals surface area (Å²) in [6, 6.07) is 5.45. The smallest absolute Gasteiger partial charge is 0.338 e. The first kappa shape index (κ1) is 11.2. The Balaban J connectivity index is 2.81. The van der Waals surface area contributed by atoms with E-state index in [4.69, 9.17) is 10.5 Å². The van der Waals surface area contributed by atoms with Crippen LogP contribution in [0.2, 0.25) is 0 Å². The molecule has 4 heteroatoms. The monoisotopic (exact) mass is 207 g/mol. The number of benzene rings is 1. The lowest BCUT2D eigenvalue weighted by atomic mass is 10.1. The fraction of sp³-hybridized carbons (Fsp3) is 0.273. The number of nitrogens with two attached hydrogens (primary N) is 1. The van der Waals surface area contributed by atoms with Gasteiger partial charge in [-0.3, -0.25) is 4.79 Å². The summed E-state index contributed by atoms with van der Waals surface area (Å²) in [7, 11) is 0. The number of carbonyl (C=O) groups excluding carboxylic acids is 2. The summed E-state index contributed by atoms with van der Waals surface area (Å²) in [6.45, 7) is 3.30. The summed E-state index contributed by atoms with van der Waals surface area (Å²) < 4.78 is 4.71. The van der Waals surface area contributed by atoms with Gasteiger partial charge in [0.15, 0.2) is 6.61 Å². The van der Waals surface area contributed by atoms with Crippen LogP contribution in [-0.2, 0) is 9.53 Å². The van der Waals surface area contributed by atoms with Crippen molar-refractivity contribution in [3.63, 3.8) is 0 Å². The fourth-order valence-corrected chi connectivity index (χ4v) is 1.17. The molecule has 15 heavy (non-hydrogen) atoms. The molecule has 1 aromatic rings. The van der Waals surface area contributed by atoms with Gasteiger partial charge in [-0.25, -0.2) is 4.79 Å². The summed E-state index contributed by atoms with van der Waals surface area (Å²) in [6.07, 6.45) is 0. The van der Waals surface area contributed by atoms with E-state index >= 15 is 0 Å². The molecule has 2 N–H and O–H groups in total. The number of aryl methyl sites for hydroxylation is 2. The Labute approximate surface area is 88.0 Å². The number of ether oxygens (including phenoxy) is 1. The van der Waals surface area contributed by atoms with Crippen LogP contribution in [0.3, 0.4) is 0 Å². The molecule has 0 spiro atoms. The molecule has 0 aliphatic carbocycles. The van der Waals surface area contributed by atoms with Crippen molar-refractivity contribution >= 4 is 11.9 Å². The highest BCUT2D eigenvalue weighted by Crippen LogP contribution is 2.11. The molecule has 1 rings (SSSR count). The number of hydrogen-bond acceptors (Lipinski definition) is 3. The Bertz CT molecular complexity index is 399. The van der Waals surface area contributed by atoms with Crippen LogP contribution < -0.4 is 5.73 Å². The largest absolute Gasteiger partial charge is 0.452 e. The molecule has 0 atom stereocenters. The van der Waals surface area contributed by atoms with E-state index in [9.17, 15) is 9.59 Å². The van der Waals surface area contributed by atoms with Gasteiger partial charge in [-0.1, -0.05) is 17.7 Å². The first-order valence-electron chi connectivity index (χ1n) is 4.53. The average molecular weight is 207 g/mol. The van der Waals surface area contributed by atoms with E-state index < -0.39 is 11.9 Å². The van der Waals surface area contributed by atoms with E-state index in [1.807, 2.05) is 19.1 Å². The predicted molar refractivity (Wildman–Crippen MR) is 55.4 cm³/mol. The molecule has 80 valence electrons. The van der Waals surface area contributed by atoms with Crippen molar-refractivity contribution in [1.82, 2.24) is 0 Å². The maximum atomic E-state index is 11.5. The van der Waals surface area contributed by atoms with Crippen LogP contribution in [0.15, 0.2) is 18.2 Å². The van der Waals surface area contributed by atoms with Crippen LogP contribution in [0.1, 0.15) is 21.5 Å². The Morgan fingerprint density at radius 2 is 2.00 bits per heavy atom. The molecule has 0 fully saturated rings. The minimum absolute atomic E-state index is 0.383. The lowest BCUT2D eigenvalue weighted by Gasteiger charge is -2.06. The molecule has 4 nitrogen and oxygen atoms in total. The second kappa shape index (κ2) is 4.59. The van der Waals surface area contributed by atoms with Gasteiger partial charge in [0.25, 0.3) is 5.91 Å². The Morgan fingerprint density at radius 3 is 2.60 bits per heavy atom. The van der Waals surface area contributed by atoms with E-state index in [0.29, 0.717) is 5.56 Å². The number of amides is 1. The third kappa shape index (κ3) is 3.09. The summed E-state index contributed by atoms with van der Waals surface area (Å²) in [4.78, 5) is 21.9. The molecular weight excluding hydrogens is 194 g/mol. The second-order valence-electron chi connectivity index (χ2n) is 3.36. The van der Waals surface area contributed by atoms with Gasteiger partial charge in [0.2, 0.25) is 0 Å². The molecule has 1 aromatic carbocycles. The summed E-state index contributed by atoms with van der Waals surface area (Å²) in [5, 5.41) is 0. The van der Waals surface area contributed by atoms with E-state index in [1.165, 1.54) is 0 Å². The highest BCUT2D eigenvalue weighted by Gasteiger charge is 2.11. The molecule has 1 amide bonds.